The summed E-state index contributed by atoms with van der Waals surface area (Å²) in [4.78, 5) is 29.8. The second kappa shape index (κ2) is 9.19. The van der Waals surface area contributed by atoms with Crippen LogP contribution in [0.2, 0.25) is 0 Å². The number of carbonyl (C=O) groups excluding carboxylic acids is 2. The summed E-state index contributed by atoms with van der Waals surface area (Å²) in [5.41, 5.74) is 1.72. The van der Waals surface area contributed by atoms with Gasteiger partial charge < -0.3 is 14.4 Å². The van der Waals surface area contributed by atoms with Crippen LogP contribution in [-0.2, 0) is 19.1 Å². The normalized spacial score (nSPS) is 47.8. The summed E-state index contributed by atoms with van der Waals surface area (Å²) in [6.07, 6.45) is 11.0. The van der Waals surface area contributed by atoms with Crippen LogP contribution in [-0.4, -0.2) is 50.1 Å². The fraction of sp³-hybridized carbons (Fsp3) is 0.829. The lowest BCUT2D eigenvalue weighted by molar-refractivity contribution is -0.222. The van der Waals surface area contributed by atoms with Crippen LogP contribution in [0.25, 0.3) is 0 Å². The highest BCUT2D eigenvalue weighted by Crippen LogP contribution is 2.77. The molecule has 0 aromatic rings. The Morgan fingerprint density at radius 3 is 2.30 bits per heavy atom. The zero-order valence-corrected chi connectivity index (χ0v) is 26.2. The smallest absolute Gasteiger partial charge is 0.312 e. The molecule has 0 aromatic carbocycles. The van der Waals surface area contributed by atoms with Gasteiger partial charge in [-0.25, -0.2) is 0 Å². The average molecular weight is 552 g/mol. The van der Waals surface area contributed by atoms with Crippen LogP contribution >= 0.6 is 0 Å². The third-order valence-corrected chi connectivity index (χ3v) is 14.3. The van der Waals surface area contributed by atoms with Gasteiger partial charge in [0.25, 0.3) is 0 Å². The molecule has 0 amide bonds. The van der Waals surface area contributed by atoms with Crippen molar-refractivity contribution in [1.82, 2.24) is 4.90 Å². The quantitative estimate of drug-likeness (QED) is 0.285. The van der Waals surface area contributed by atoms with Gasteiger partial charge in [-0.1, -0.05) is 52.8 Å². The Hall–Kier alpha value is -1.62. The van der Waals surface area contributed by atoms with Crippen molar-refractivity contribution in [3.8, 4) is 0 Å². The summed E-state index contributed by atoms with van der Waals surface area (Å²) in [5.74, 6) is 2.43. The first-order chi connectivity index (χ1) is 18.8. The zero-order valence-electron chi connectivity index (χ0n) is 26.2. The van der Waals surface area contributed by atoms with E-state index in [1.807, 2.05) is 0 Å². The maximum absolute atomic E-state index is 14.0. The number of fused-ring (bicyclic) bond motifs is 7. The number of morpholine rings is 1. The van der Waals surface area contributed by atoms with E-state index in [1.165, 1.54) is 5.57 Å². The van der Waals surface area contributed by atoms with Gasteiger partial charge in [-0.05, 0) is 104 Å². The molecule has 6 rings (SSSR count). The summed E-state index contributed by atoms with van der Waals surface area (Å²) in [6.45, 7) is 21.8. The molecule has 4 saturated carbocycles. The third-order valence-electron chi connectivity index (χ3n) is 14.3. The Morgan fingerprint density at radius 2 is 1.65 bits per heavy atom. The van der Waals surface area contributed by atoms with Gasteiger partial charge in [-0.2, -0.15) is 0 Å². The average Bonchev–Trinajstić information content (AvgIpc) is 3.32. The van der Waals surface area contributed by atoms with Gasteiger partial charge in [-0.15, -0.1) is 0 Å². The number of ether oxygens (including phenoxy) is 2. The van der Waals surface area contributed by atoms with Crippen LogP contribution in [0.4, 0.5) is 0 Å². The minimum atomic E-state index is -0.376. The summed E-state index contributed by atoms with van der Waals surface area (Å²) >= 11 is 0. The van der Waals surface area contributed by atoms with Gasteiger partial charge in [-0.3, -0.25) is 9.59 Å². The Labute approximate surface area is 242 Å². The summed E-state index contributed by atoms with van der Waals surface area (Å²) in [6, 6.07) is 0. The Bertz CT molecular complexity index is 1130. The monoisotopic (exact) mass is 551 g/mol. The van der Waals surface area contributed by atoms with Crippen LogP contribution < -0.4 is 0 Å². The van der Waals surface area contributed by atoms with E-state index in [4.69, 9.17) is 9.47 Å². The van der Waals surface area contributed by atoms with E-state index in [2.05, 4.69) is 59.1 Å². The van der Waals surface area contributed by atoms with Gasteiger partial charge in [0, 0.05) is 18.5 Å². The molecule has 0 aromatic heterocycles. The van der Waals surface area contributed by atoms with Gasteiger partial charge in [0.05, 0.1) is 31.4 Å². The van der Waals surface area contributed by atoms with Gasteiger partial charge in [0.2, 0.25) is 0 Å². The highest BCUT2D eigenvalue weighted by Gasteiger charge is 2.72. The molecule has 9 atom stereocenters. The van der Waals surface area contributed by atoms with Crippen LogP contribution in [0.1, 0.15) is 92.9 Å². The van der Waals surface area contributed by atoms with Crippen molar-refractivity contribution in [2.45, 2.75) is 92.9 Å². The number of nitrogens with zero attached hydrogens (tertiary/aromatic N) is 1. The van der Waals surface area contributed by atoms with Crippen molar-refractivity contribution in [3.05, 3.63) is 23.9 Å². The molecule has 5 aliphatic carbocycles. The first-order valence-electron chi connectivity index (χ1n) is 16.1. The first kappa shape index (κ1) is 28.5. The molecule has 0 bridgehead atoms. The van der Waals surface area contributed by atoms with Crippen LogP contribution in [0, 0.1) is 56.7 Å². The molecule has 5 heteroatoms. The minimum absolute atomic E-state index is 0.0249. The maximum Gasteiger partial charge on any atom is 0.312 e. The molecule has 0 spiro atoms. The van der Waals surface area contributed by atoms with E-state index < -0.39 is 0 Å². The molecular weight excluding hydrogens is 498 g/mol. The number of allylic oxidation sites excluding steroid dienone is 3. The molecule has 5 nitrogen and oxygen atoms in total. The Morgan fingerprint density at radius 1 is 0.950 bits per heavy atom. The third kappa shape index (κ3) is 3.48. The topological polar surface area (TPSA) is 55.8 Å². The summed E-state index contributed by atoms with van der Waals surface area (Å²) in [5, 5.41) is 0. The van der Waals surface area contributed by atoms with Crippen molar-refractivity contribution in [2.24, 2.45) is 56.7 Å². The fourth-order valence-electron chi connectivity index (χ4n) is 12.2. The number of ketones is 1. The van der Waals surface area contributed by atoms with E-state index >= 15 is 0 Å². The lowest BCUT2D eigenvalue weighted by atomic mass is 9.33. The Kier molecular flexibility index (Phi) is 6.55. The molecule has 0 unspecified atom stereocenters. The molecule has 5 fully saturated rings. The molecule has 1 saturated heterocycles. The van der Waals surface area contributed by atoms with E-state index in [0.717, 1.165) is 70.2 Å². The van der Waals surface area contributed by atoms with Crippen molar-refractivity contribution in [1.29, 1.82) is 0 Å². The SMILES string of the molecule is C=C(C)[C@@H]1CC[C@]2(C(=O)OC)CC[C@]3(C)[C@H](CC[C@@H]4[C@@]5(C)C=C(N6CCOCC6)C(=O)C(C)(C)[C@@H]5CC[C@]43C)[C@@H]12. The van der Waals surface area contributed by atoms with Crippen molar-refractivity contribution in [3.63, 3.8) is 0 Å². The number of rotatable bonds is 3. The first-order valence-corrected chi connectivity index (χ1v) is 16.1. The predicted molar refractivity (Wildman–Crippen MR) is 157 cm³/mol. The summed E-state index contributed by atoms with van der Waals surface area (Å²) < 4.78 is 11.2. The molecule has 1 heterocycles. The highest BCUT2D eigenvalue weighted by atomic mass is 16.5. The number of hydrogen-bond acceptors (Lipinski definition) is 5. The second-order valence-corrected chi connectivity index (χ2v) is 15.9. The number of carbonyl (C=O) groups is 2. The molecule has 222 valence electrons. The lowest BCUT2D eigenvalue weighted by Crippen LogP contribution is -2.66. The largest absolute Gasteiger partial charge is 0.469 e. The maximum atomic E-state index is 14.0. The predicted octanol–water partition coefficient (Wildman–Crippen LogP) is 6.82. The lowest BCUT2D eigenvalue weighted by Gasteiger charge is -2.71. The summed E-state index contributed by atoms with van der Waals surface area (Å²) in [7, 11) is 1.58. The molecule has 0 N–H and O–H groups in total. The van der Waals surface area contributed by atoms with Crippen LogP contribution in [0.5, 0.6) is 0 Å². The van der Waals surface area contributed by atoms with Gasteiger partial charge >= 0.3 is 5.97 Å². The number of hydrogen-bond donors (Lipinski definition) is 0. The standard InChI is InChI=1S/C35H53NO4/c1-22(2)23-11-14-35(30(38)39-8)16-15-33(6)24(28(23)35)9-10-27-32(5)21-25(36-17-19-40-20-18-36)29(37)31(3,4)26(32)12-13-34(27,33)7/h21,23-24,26-28H,1,9-20H2,2-8H3/t23-,24+,26-,27+,28+,32-,33+,34+,35-/m0/s1. The van der Waals surface area contributed by atoms with E-state index in [-0.39, 0.29) is 33.0 Å². The van der Waals surface area contributed by atoms with E-state index in [1.54, 1.807) is 7.11 Å². The fourth-order valence-corrected chi connectivity index (χ4v) is 12.2. The van der Waals surface area contributed by atoms with Crippen molar-refractivity contribution < 1.29 is 19.1 Å². The van der Waals surface area contributed by atoms with Crippen molar-refractivity contribution >= 4 is 11.8 Å². The van der Waals surface area contributed by atoms with E-state index in [0.29, 0.717) is 48.6 Å². The van der Waals surface area contributed by atoms with Crippen LogP contribution in [0.15, 0.2) is 23.9 Å². The number of esters is 1. The number of Topliss-reactive ketones (excluding diaryl/α,β-unsaturated/α-hetero) is 1. The molecular formula is C35H53NO4. The highest BCUT2D eigenvalue weighted by molar-refractivity contribution is 6.00. The molecule has 40 heavy (non-hydrogen) atoms. The zero-order chi connectivity index (χ0) is 28.9. The molecule has 6 aliphatic rings. The minimum Gasteiger partial charge on any atom is -0.469 e. The van der Waals surface area contributed by atoms with Gasteiger partial charge in [0.1, 0.15) is 0 Å². The van der Waals surface area contributed by atoms with Crippen LogP contribution in [0.3, 0.4) is 0 Å². The Balaban J connectivity index is 1.43. The van der Waals surface area contributed by atoms with Gasteiger partial charge in [0.15, 0.2) is 5.78 Å². The molecule has 1 aliphatic heterocycles. The molecule has 0 radical (unpaired) electrons. The number of methoxy groups -OCH3 is 1. The van der Waals surface area contributed by atoms with Crippen molar-refractivity contribution in [2.75, 3.05) is 33.4 Å². The van der Waals surface area contributed by atoms with E-state index in [9.17, 15) is 9.59 Å². The second-order valence-electron chi connectivity index (χ2n) is 15.9.